The van der Waals surface area contributed by atoms with E-state index in [0.717, 1.165) is 3.57 Å². The summed E-state index contributed by atoms with van der Waals surface area (Å²) in [6.45, 7) is 0. The zero-order valence-corrected chi connectivity index (χ0v) is 11.0. The van der Waals surface area contributed by atoms with Gasteiger partial charge in [0.2, 0.25) is 0 Å². The molecule has 1 amide bonds. The fourth-order valence-electron chi connectivity index (χ4n) is 1.32. The Morgan fingerprint density at radius 2 is 2.11 bits per heavy atom. The van der Waals surface area contributed by atoms with E-state index < -0.39 is 11.9 Å². The van der Waals surface area contributed by atoms with E-state index in [9.17, 15) is 9.59 Å². The van der Waals surface area contributed by atoms with Gasteiger partial charge < -0.3 is 14.9 Å². The van der Waals surface area contributed by atoms with Gasteiger partial charge in [0.1, 0.15) is 6.26 Å². The molecule has 0 fully saturated rings. The molecule has 0 saturated heterocycles. The Labute approximate surface area is 115 Å². The van der Waals surface area contributed by atoms with E-state index in [1.165, 1.54) is 24.5 Å². The predicted molar refractivity (Wildman–Crippen MR) is 70.6 cm³/mol. The zero-order chi connectivity index (χ0) is 13.1. The molecule has 1 aromatic carbocycles. The smallest absolute Gasteiger partial charge is 0.337 e. The number of amides is 1. The third-order valence-corrected chi connectivity index (χ3v) is 2.80. The lowest BCUT2D eigenvalue weighted by Gasteiger charge is -2.07. The van der Waals surface area contributed by atoms with E-state index in [4.69, 9.17) is 5.11 Å². The summed E-state index contributed by atoms with van der Waals surface area (Å²) < 4.78 is 5.31. The van der Waals surface area contributed by atoms with Crippen LogP contribution in [0.5, 0.6) is 0 Å². The van der Waals surface area contributed by atoms with Crippen molar-refractivity contribution in [2.45, 2.75) is 0 Å². The highest BCUT2D eigenvalue weighted by Gasteiger charge is 2.15. The van der Waals surface area contributed by atoms with E-state index in [1.807, 2.05) is 22.6 Å². The van der Waals surface area contributed by atoms with E-state index in [2.05, 4.69) is 15.0 Å². The summed E-state index contributed by atoms with van der Waals surface area (Å²) in [5, 5.41) is 15.0. The molecular weight excluding hydrogens is 351 g/mol. The molecule has 0 unspecified atom stereocenters. The first-order valence-corrected chi connectivity index (χ1v) is 5.90. The predicted octanol–water partition coefficient (Wildman–Crippen LogP) is 2.23. The Balaban J connectivity index is 2.29. The Kier molecular flexibility index (Phi) is 3.60. The number of carboxylic acid groups (broad SMARTS) is 1. The number of hydrogen-bond donors (Lipinski definition) is 2. The standard InChI is InChI=1S/C11H7IN2O4/c12-6-1-2-8(7(5-6)11(16)17)13-10(15)9-3-4-18-14-9/h1-5H,(H,13,15)(H,16,17). The van der Waals surface area contributed by atoms with Crippen molar-refractivity contribution in [2.24, 2.45) is 0 Å². The maximum atomic E-state index is 11.7. The number of anilines is 1. The number of halogens is 1. The number of nitrogens with zero attached hydrogens (tertiary/aromatic N) is 1. The molecule has 1 aromatic heterocycles. The number of carbonyl (C=O) groups excluding carboxylic acids is 1. The monoisotopic (exact) mass is 358 g/mol. The van der Waals surface area contributed by atoms with E-state index in [0.29, 0.717) is 0 Å². The van der Waals surface area contributed by atoms with Crippen LogP contribution in [0.4, 0.5) is 5.69 Å². The summed E-state index contributed by atoms with van der Waals surface area (Å²) in [6.07, 6.45) is 1.26. The molecule has 0 spiro atoms. The molecule has 2 N–H and O–H groups in total. The second-order valence-corrected chi connectivity index (χ2v) is 4.58. The Morgan fingerprint density at radius 1 is 1.33 bits per heavy atom. The van der Waals surface area contributed by atoms with Crippen molar-refractivity contribution in [3.63, 3.8) is 0 Å². The molecule has 0 aliphatic heterocycles. The molecule has 6 nitrogen and oxygen atoms in total. The van der Waals surface area contributed by atoms with Crippen LogP contribution < -0.4 is 5.32 Å². The van der Waals surface area contributed by atoms with Gasteiger partial charge in [-0.2, -0.15) is 0 Å². The summed E-state index contributed by atoms with van der Waals surface area (Å²) in [5.41, 5.74) is 0.333. The first-order valence-electron chi connectivity index (χ1n) is 4.82. The molecule has 0 saturated carbocycles. The second-order valence-electron chi connectivity index (χ2n) is 3.33. The number of aromatic carboxylic acids is 1. The van der Waals surface area contributed by atoms with Gasteiger partial charge in [0.05, 0.1) is 11.3 Å². The Bertz CT molecular complexity index is 595. The number of aromatic nitrogens is 1. The SMILES string of the molecule is O=C(Nc1ccc(I)cc1C(=O)O)c1ccon1. The van der Waals surface area contributed by atoms with Crippen molar-refractivity contribution >= 4 is 40.2 Å². The van der Waals surface area contributed by atoms with Crippen LogP contribution in [0.3, 0.4) is 0 Å². The zero-order valence-electron chi connectivity index (χ0n) is 8.88. The van der Waals surface area contributed by atoms with E-state index in [1.54, 1.807) is 6.07 Å². The highest BCUT2D eigenvalue weighted by molar-refractivity contribution is 14.1. The number of rotatable bonds is 3. The minimum absolute atomic E-state index is 0.0266. The summed E-state index contributed by atoms with van der Waals surface area (Å²) in [5.74, 6) is -1.63. The molecule has 0 bridgehead atoms. The van der Waals surface area contributed by atoms with Crippen molar-refractivity contribution in [3.05, 3.63) is 45.4 Å². The molecule has 2 aromatic rings. The van der Waals surface area contributed by atoms with E-state index in [-0.39, 0.29) is 16.9 Å². The molecular formula is C11H7IN2O4. The quantitative estimate of drug-likeness (QED) is 0.821. The van der Waals surface area contributed by atoms with Gasteiger partial charge in [-0.1, -0.05) is 5.16 Å². The fraction of sp³-hybridized carbons (Fsp3) is 0. The van der Waals surface area contributed by atoms with Crippen LogP contribution in [0.25, 0.3) is 0 Å². The van der Waals surface area contributed by atoms with Crippen molar-refractivity contribution < 1.29 is 19.2 Å². The number of hydrogen-bond acceptors (Lipinski definition) is 4. The number of nitrogens with one attached hydrogen (secondary N) is 1. The van der Waals surface area contributed by atoms with Gasteiger partial charge >= 0.3 is 5.97 Å². The van der Waals surface area contributed by atoms with Gasteiger partial charge in [0.25, 0.3) is 5.91 Å². The van der Waals surface area contributed by atoms with Gasteiger partial charge in [-0.15, -0.1) is 0 Å². The summed E-state index contributed by atoms with van der Waals surface area (Å²) >= 11 is 2.00. The highest BCUT2D eigenvalue weighted by atomic mass is 127. The molecule has 92 valence electrons. The molecule has 0 radical (unpaired) electrons. The third-order valence-electron chi connectivity index (χ3n) is 2.13. The highest BCUT2D eigenvalue weighted by Crippen LogP contribution is 2.19. The topological polar surface area (TPSA) is 92.4 Å². The van der Waals surface area contributed by atoms with E-state index >= 15 is 0 Å². The first-order chi connectivity index (χ1) is 8.58. The molecule has 1 heterocycles. The van der Waals surface area contributed by atoms with Crippen LogP contribution >= 0.6 is 22.6 Å². The van der Waals surface area contributed by atoms with Crippen molar-refractivity contribution in [1.29, 1.82) is 0 Å². The molecule has 18 heavy (non-hydrogen) atoms. The summed E-state index contributed by atoms with van der Waals surface area (Å²) in [6, 6.07) is 6.10. The maximum absolute atomic E-state index is 11.7. The lowest BCUT2D eigenvalue weighted by atomic mass is 10.2. The number of carbonyl (C=O) groups is 2. The van der Waals surface area contributed by atoms with Gasteiger partial charge in [-0.3, -0.25) is 4.79 Å². The molecule has 2 rings (SSSR count). The van der Waals surface area contributed by atoms with Crippen molar-refractivity contribution in [2.75, 3.05) is 5.32 Å². The van der Waals surface area contributed by atoms with Crippen LogP contribution in [-0.2, 0) is 0 Å². The first kappa shape index (κ1) is 12.6. The van der Waals surface area contributed by atoms with Crippen LogP contribution in [-0.4, -0.2) is 22.1 Å². The van der Waals surface area contributed by atoms with Gasteiger partial charge in [0, 0.05) is 9.64 Å². The average Bonchev–Trinajstić information content (AvgIpc) is 2.84. The number of benzene rings is 1. The van der Waals surface area contributed by atoms with Gasteiger partial charge in [-0.25, -0.2) is 4.79 Å². The average molecular weight is 358 g/mol. The minimum Gasteiger partial charge on any atom is -0.478 e. The molecule has 7 heteroatoms. The van der Waals surface area contributed by atoms with Crippen LogP contribution in [0, 0.1) is 3.57 Å². The van der Waals surface area contributed by atoms with Crippen LogP contribution in [0.15, 0.2) is 35.1 Å². The third kappa shape index (κ3) is 2.67. The minimum atomic E-state index is -1.11. The largest absolute Gasteiger partial charge is 0.478 e. The maximum Gasteiger partial charge on any atom is 0.337 e. The van der Waals surface area contributed by atoms with Gasteiger partial charge in [-0.05, 0) is 40.8 Å². The van der Waals surface area contributed by atoms with Crippen molar-refractivity contribution in [3.8, 4) is 0 Å². The normalized spacial score (nSPS) is 10.1. The lowest BCUT2D eigenvalue weighted by molar-refractivity contribution is 0.0698. The second kappa shape index (κ2) is 5.17. The Hall–Kier alpha value is -1.90. The number of carboxylic acids is 1. The molecule has 0 aliphatic rings. The molecule has 0 aliphatic carbocycles. The van der Waals surface area contributed by atoms with Gasteiger partial charge in [0.15, 0.2) is 5.69 Å². The lowest BCUT2D eigenvalue weighted by Crippen LogP contribution is -2.15. The Morgan fingerprint density at radius 3 is 2.72 bits per heavy atom. The van der Waals surface area contributed by atoms with Crippen LogP contribution in [0.1, 0.15) is 20.8 Å². The van der Waals surface area contributed by atoms with Crippen LogP contribution in [0.2, 0.25) is 0 Å². The summed E-state index contributed by atoms with van der Waals surface area (Å²) in [4.78, 5) is 22.8. The summed E-state index contributed by atoms with van der Waals surface area (Å²) in [7, 11) is 0. The van der Waals surface area contributed by atoms with Crippen molar-refractivity contribution in [1.82, 2.24) is 5.16 Å². The molecule has 0 atom stereocenters. The fourth-order valence-corrected chi connectivity index (χ4v) is 1.81.